The Morgan fingerprint density at radius 3 is 2.68 bits per heavy atom. The number of rotatable bonds is 4. The summed E-state index contributed by atoms with van der Waals surface area (Å²) in [5.41, 5.74) is 1.91. The van der Waals surface area contributed by atoms with Crippen LogP contribution in [0.1, 0.15) is 52.1 Å². The van der Waals surface area contributed by atoms with Crippen molar-refractivity contribution < 1.29 is 9.32 Å². The van der Waals surface area contributed by atoms with Gasteiger partial charge in [0.2, 0.25) is 0 Å². The average molecular weight is 381 g/mol. The lowest BCUT2D eigenvalue weighted by molar-refractivity contribution is 0.0724. The molecular weight excluding hydrogens is 358 g/mol. The largest absolute Gasteiger partial charge is 0.361 e. The molecular formula is C20H23N5O3. The van der Waals surface area contributed by atoms with Gasteiger partial charge in [0.25, 0.3) is 5.91 Å². The van der Waals surface area contributed by atoms with Crippen LogP contribution in [0.2, 0.25) is 0 Å². The minimum Gasteiger partial charge on any atom is -0.361 e. The topological polar surface area (TPSA) is 86.2 Å². The summed E-state index contributed by atoms with van der Waals surface area (Å²) in [7, 11) is 1.64. The smallest absolute Gasteiger partial charge is 0.346 e. The zero-order valence-corrected chi connectivity index (χ0v) is 16.3. The molecule has 1 amide bonds. The zero-order valence-electron chi connectivity index (χ0n) is 16.3. The molecule has 1 aliphatic heterocycles. The van der Waals surface area contributed by atoms with E-state index in [1.54, 1.807) is 30.4 Å². The minimum absolute atomic E-state index is 0.122. The Morgan fingerprint density at radius 1 is 1.25 bits per heavy atom. The van der Waals surface area contributed by atoms with Crippen molar-refractivity contribution in [2.45, 2.75) is 39.3 Å². The van der Waals surface area contributed by atoms with E-state index in [2.05, 4.69) is 10.3 Å². The Kier molecular flexibility index (Phi) is 4.62. The molecule has 2 aromatic heterocycles. The van der Waals surface area contributed by atoms with Crippen LogP contribution in [0.5, 0.6) is 0 Å². The first-order valence-electron chi connectivity index (χ1n) is 9.39. The van der Waals surface area contributed by atoms with Crippen LogP contribution in [0.3, 0.4) is 0 Å². The lowest BCUT2D eigenvalue weighted by Gasteiger charge is -2.24. The van der Waals surface area contributed by atoms with Crippen LogP contribution >= 0.6 is 0 Å². The maximum Gasteiger partial charge on any atom is 0.346 e. The normalized spacial score (nSPS) is 16.7. The van der Waals surface area contributed by atoms with Crippen molar-refractivity contribution in [1.29, 1.82) is 0 Å². The van der Waals surface area contributed by atoms with Gasteiger partial charge in [-0.05, 0) is 32.3 Å². The van der Waals surface area contributed by atoms with Crippen LogP contribution < -0.4 is 5.69 Å². The second-order valence-electron chi connectivity index (χ2n) is 7.19. The standard InChI is InChI=1S/C20H23N5O3/c1-13-17(14(2)28-22-13)19(26)24-11-7-10-16(24)18-21-23(3)20(27)25(18)12-15-8-5-4-6-9-15/h4-6,8-9,16H,7,10-12H2,1-3H3/t16-/m0/s1. The number of carbonyl (C=O) groups excluding carboxylic acids is 1. The monoisotopic (exact) mass is 381 g/mol. The van der Waals surface area contributed by atoms with Gasteiger partial charge in [-0.2, -0.15) is 5.10 Å². The molecule has 146 valence electrons. The summed E-state index contributed by atoms with van der Waals surface area (Å²) in [5, 5.41) is 8.38. The fourth-order valence-electron chi connectivity index (χ4n) is 3.89. The number of hydrogen-bond acceptors (Lipinski definition) is 5. The summed E-state index contributed by atoms with van der Waals surface area (Å²) < 4.78 is 8.18. The summed E-state index contributed by atoms with van der Waals surface area (Å²) in [6.45, 7) is 4.54. The van der Waals surface area contributed by atoms with Crippen molar-refractivity contribution >= 4 is 5.91 Å². The zero-order chi connectivity index (χ0) is 19.8. The molecule has 0 radical (unpaired) electrons. The molecule has 1 fully saturated rings. The number of benzene rings is 1. The Morgan fingerprint density at radius 2 is 2.00 bits per heavy atom. The highest BCUT2D eigenvalue weighted by molar-refractivity contribution is 5.96. The van der Waals surface area contributed by atoms with Gasteiger partial charge in [0, 0.05) is 13.6 Å². The van der Waals surface area contributed by atoms with E-state index in [-0.39, 0.29) is 17.6 Å². The third-order valence-corrected chi connectivity index (χ3v) is 5.28. The molecule has 1 saturated heterocycles. The van der Waals surface area contributed by atoms with Gasteiger partial charge in [0.05, 0.1) is 18.3 Å². The number of aryl methyl sites for hydroxylation is 3. The highest BCUT2D eigenvalue weighted by atomic mass is 16.5. The number of carbonyl (C=O) groups is 1. The SMILES string of the molecule is Cc1noc(C)c1C(=O)N1CCC[C@H]1c1nn(C)c(=O)n1Cc1ccccc1. The average Bonchev–Trinajstić information content (AvgIpc) is 3.37. The Hall–Kier alpha value is -3.16. The van der Waals surface area contributed by atoms with Crippen molar-refractivity contribution in [3.05, 3.63) is 69.2 Å². The third-order valence-electron chi connectivity index (χ3n) is 5.28. The van der Waals surface area contributed by atoms with Crippen molar-refractivity contribution in [2.24, 2.45) is 7.05 Å². The van der Waals surface area contributed by atoms with Crippen LogP contribution in [-0.2, 0) is 13.6 Å². The van der Waals surface area contributed by atoms with Crippen LogP contribution in [0.15, 0.2) is 39.6 Å². The first-order chi connectivity index (χ1) is 13.5. The van der Waals surface area contributed by atoms with Crippen LogP contribution in [0, 0.1) is 13.8 Å². The van der Waals surface area contributed by atoms with E-state index < -0.39 is 0 Å². The lowest BCUT2D eigenvalue weighted by Crippen LogP contribution is -2.33. The highest BCUT2D eigenvalue weighted by Crippen LogP contribution is 2.33. The van der Waals surface area contributed by atoms with Crippen molar-refractivity contribution in [3.63, 3.8) is 0 Å². The van der Waals surface area contributed by atoms with Gasteiger partial charge in [0.1, 0.15) is 11.3 Å². The molecule has 3 heterocycles. The summed E-state index contributed by atoms with van der Waals surface area (Å²) in [4.78, 5) is 27.7. The molecule has 28 heavy (non-hydrogen) atoms. The lowest BCUT2D eigenvalue weighted by atomic mass is 10.1. The van der Waals surface area contributed by atoms with Gasteiger partial charge in [-0.25, -0.2) is 9.48 Å². The molecule has 0 saturated carbocycles. The maximum absolute atomic E-state index is 13.2. The van der Waals surface area contributed by atoms with Crippen molar-refractivity contribution in [3.8, 4) is 0 Å². The van der Waals surface area contributed by atoms with Gasteiger partial charge in [-0.15, -0.1) is 0 Å². The van der Waals surface area contributed by atoms with Gasteiger partial charge >= 0.3 is 5.69 Å². The summed E-state index contributed by atoms with van der Waals surface area (Å²) in [6, 6.07) is 9.53. The minimum atomic E-state index is -0.251. The second-order valence-corrected chi connectivity index (χ2v) is 7.19. The number of hydrogen-bond donors (Lipinski definition) is 0. The van der Waals surface area contributed by atoms with E-state index in [4.69, 9.17) is 4.52 Å². The second kappa shape index (κ2) is 7.10. The molecule has 8 heteroatoms. The number of aromatic nitrogens is 4. The van der Waals surface area contributed by atoms with E-state index in [9.17, 15) is 9.59 Å². The molecule has 3 aromatic rings. The fraction of sp³-hybridized carbons (Fsp3) is 0.400. The first-order valence-corrected chi connectivity index (χ1v) is 9.39. The predicted molar refractivity (Wildman–Crippen MR) is 102 cm³/mol. The van der Waals surface area contributed by atoms with Crippen LogP contribution in [0.4, 0.5) is 0 Å². The molecule has 0 N–H and O–H groups in total. The van der Waals surface area contributed by atoms with E-state index in [0.29, 0.717) is 35.9 Å². The Bertz CT molecular complexity index is 1040. The summed E-state index contributed by atoms with van der Waals surface area (Å²) >= 11 is 0. The van der Waals surface area contributed by atoms with E-state index in [1.165, 1.54) is 4.68 Å². The van der Waals surface area contributed by atoms with Crippen LogP contribution in [0.25, 0.3) is 0 Å². The first kappa shape index (κ1) is 18.2. The molecule has 4 rings (SSSR count). The number of nitrogens with zero attached hydrogens (tertiary/aromatic N) is 5. The molecule has 1 aromatic carbocycles. The Labute approximate surface area is 162 Å². The molecule has 8 nitrogen and oxygen atoms in total. The van der Waals surface area contributed by atoms with Gasteiger partial charge in [0.15, 0.2) is 5.82 Å². The van der Waals surface area contributed by atoms with Gasteiger partial charge in [-0.1, -0.05) is 35.5 Å². The van der Waals surface area contributed by atoms with Gasteiger partial charge in [-0.3, -0.25) is 9.36 Å². The van der Waals surface area contributed by atoms with E-state index >= 15 is 0 Å². The summed E-state index contributed by atoms with van der Waals surface area (Å²) in [6.07, 6.45) is 1.62. The fourth-order valence-corrected chi connectivity index (χ4v) is 3.89. The molecule has 0 spiro atoms. The maximum atomic E-state index is 13.2. The summed E-state index contributed by atoms with van der Waals surface area (Å²) in [5.74, 6) is 1.01. The quantitative estimate of drug-likeness (QED) is 0.692. The third kappa shape index (κ3) is 3.04. The molecule has 0 unspecified atom stereocenters. The molecule has 0 aliphatic carbocycles. The molecule has 1 atom stereocenters. The van der Waals surface area contributed by atoms with Crippen molar-refractivity contribution in [2.75, 3.05) is 6.54 Å². The van der Waals surface area contributed by atoms with Crippen LogP contribution in [-0.4, -0.2) is 36.9 Å². The predicted octanol–water partition coefficient (Wildman–Crippen LogP) is 2.21. The molecule has 1 aliphatic rings. The number of likely N-dealkylation sites (tertiary alicyclic amines) is 1. The van der Waals surface area contributed by atoms with Crippen molar-refractivity contribution in [1.82, 2.24) is 24.4 Å². The van der Waals surface area contributed by atoms with Gasteiger partial charge < -0.3 is 9.42 Å². The molecule has 0 bridgehead atoms. The van der Waals surface area contributed by atoms with E-state index in [0.717, 1.165) is 18.4 Å². The Balaban J connectivity index is 1.71. The number of amides is 1. The van der Waals surface area contributed by atoms with E-state index in [1.807, 2.05) is 30.3 Å². The highest BCUT2D eigenvalue weighted by Gasteiger charge is 2.36.